The molecule has 0 N–H and O–H groups in total. The van der Waals surface area contributed by atoms with Gasteiger partial charge in [0.05, 0.1) is 0 Å². The topological polar surface area (TPSA) is 3.24 Å². The Bertz CT molecular complexity index is 236. The Balaban J connectivity index is 4.32. The van der Waals surface area contributed by atoms with Crippen LogP contribution in [0.25, 0.3) is 0 Å². The average molecular weight is 296 g/mol. The zero-order valence-electron chi connectivity index (χ0n) is 15.6. The molecule has 0 saturated heterocycles. The molecule has 0 aromatic heterocycles. The van der Waals surface area contributed by atoms with Gasteiger partial charge in [0.15, 0.2) is 0 Å². The molecule has 0 aromatic carbocycles. The van der Waals surface area contributed by atoms with Crippen LogP contribution in [0.4, 0.5) is 0 Å². The van der Waals surface area contributed by atoms with Gasteiger partial charge in [-0.15, -0.1) is 0 Å². The fraction of sp³-hybridized carbons (Fsp3) is 0.900. The molecule has 0 aliphatic heterocycles. The number of rotatable bonds is 14. The zero-order valence-corrected chi connectivity index (χ0v) is 15.6. The molecule has 1 atom stereocenters. The summed E-state index contributed by atoms with van der Waals surface area (Å²) in [4.78, 5) is 2.53. The number of allylic oxidation sites excluding steroid dienone is 1. The lowest BCUT2D eigenvalue weighted by molar-refractivity contribution is 0.276. The molecule has 0 amide bonds. The third kappa shape index (κ3) is 11.0. The molecule has 0 aliphatic carbocycles. The van der Waals surface area contributed by atoms with Gasteiger partial charge in [-0.05, 0) is 32.9 Å². The van der Waals surface area contributed by atoms with Crippen LogP contribution in [0.5, 0.6) is 0 Å². The minimum atomic E-state index is 0.661. The molecule has 0 heterocycles. The third-order valence-electron chi connectivity index (χ3n) is 4.49. The third-order valence-corrected chi connectivity index (χ3v) is 4.49. The van der Waals surface area contributed by atoms with Crippen molar-refractivity contribution in [3.8, 4) is 0 Å². The van der Waals surface area contributed by atoms with Crippen LogP contribution in [0.1, 0.15) is 98.3 Å². The molecule has 1 unspecified atom stereocenters. The molecule has 0 aliphatic rings. The molecule has 21 heavy (non-hydrogen) atoms. The first kappa shape index (κ1) is 20.7. The molecular formula is C20H41N. The maximum absolute atomic E-state index is 2.60. The first-order valence-electron chi connectivity index (χ1n) is 9.59. The van der Waals surface area contributed by atoms with E-state index in [1.807, 2.05) is 0 Å². The minimum Gasteiger partial charge on any atom is -0.300 e. The van der Waals surface area contributed by atoms with Gasteiger partial charge in [-0.2, -0.15) is 0 Å². The highest BCUT2D eigenvalue weighted by atomic mass is 15.1. The second kappa shape index (κ2) is 14.6. The molecule has 1 heteroatoms. The quantitative estimate of drug-likeness (QED) is 0.258. The van der Waals surface area contributed by atoms with Gasteiger partial charge in [0.1, 0.15) is 0 Å². The number of nitrogens with zero attached hydrogens (tertiary/aromatic N) is 1. The van der Waals surface area contributed by atoms with Crippen molar-refractivity contribution in [1.82, 2.24) is 4.90 Å². The van der Waals surface area contributed by atoms with Crippen molar-refractivity contribution >= 4 is 0 Å². The van der Waals surface area contributed by atoms with Crippen molar-refractivity contribution in [3.05, 3.63) is 11.6 Å². The summed E-state index contributed by atoms with van der Waals surface area (Å²) in [6.45, 7) is 10.3. The van der Waals surface area contributed by atoms with Gasteiger partial charge in [-0.25, -0.2) is 0 Å². The summed E-state index contributed by atoms with van der Waals surface area (Å²) in [5.41, 5.74) is 1.69. The van der Waals surface area contributed by atoms with Gasteiger partial charge in [0, 0.05) is 6.04 Å². The zero-order chi connectivity index (χ0) is 15.9. The molecule has 0 spiro atoms. The summed E-state index contributed by atoms with van der Waals surface area (Å²) in [7, 11) is 2.29. The van der Waals surface area contributed by atoms with E-state index in [1.54, 1.807) is 5.57 Å². The molecule has 0 rings (SSSR count). The van der Waals surface area contributed by atoms with E-state index in [0.29, 0.717) is 6.04 Å². The fourth-order valence-corrected chi connectivity index (χ4v) is 3.01. The second-order valence-corrected chi connectivity index (χ2v) is 6.52. The molecule has 0 saturated carbocycles. The van der Waals surface area contributed by atoms with E-state index in [0.717, 1.165) is 6.54 Å². The maximum atomic E-state index is 2.60. The van der Waals surface area contributed by atoms with E-state index in [1.165, 1.54) is 70.6 Å². The van der Waals surface area contributed by atoms with Gasteiger partial charge in [-0.1, -0.05) is 90.7 Å². The Morgan fingerprint density at radius 1 is 0.810 bits per heavy atom. The van der Waals surface area contributed by atoms with Crippen LogP contribution in [-0.4, -0.2) is 24.5 Å². The van der Waals surface area contributed by atoms with Crippen molar-refractivity contribution in [2.45, 2.75) is 104 Å². The van der Waals surface area contributed by atoms with Crippen molar-refractivity contribution in [2.75, 3.05) is 13.6 Å². The van der Waals surface area contributed by atoms with Crippen LogP contribution in [-0.2, 0) is 0 Å². The molecule has 0 radical (unpaired) electrons. The predicted molar refractivity (Wildman–Crippen MR) is 98.0 cm³/mol. The fourth-order valence-electron chi connectivity index (χ4n) is 3.01. The highest BCUT2D eigenvalue weighted by Gasteiger charge is 2.11. The maximum Gasteiger partial charge on any atom is 0.0277 e. The van der Waals surface area contributed by atoms with Crippen molar-refractivity contribution in [3.63, 3.8) is 0 Å². The molecule has 0 aromatic rings. The van der Waals surface area contributed by atoms with E-state index in [-0.39, 0.29) is 0 Å². The molecule has 0 fully saturated rings. The van der Waals surface area contributed by atoms with Gasteiger partial charge in [0.2, 0.25) is 0 Å². The van der Waals surface area contributed by atoms with Crippen LogP contribution in [0, 0.1) is 0 Å². The van der Waals surface area contributed by atoms with Crippen LogP contribution in [0.2, 0.25) is 0 Å². The predicted octanol–water partition coefficient (Wildman–Crippen LogP) is 6.58. The van der Waals surface area contributed by atoms with Crippen LogP contribution < -0.4 is 0 Å². The summed E-state index contributed by atoms with van der Waals surface area (Å²) >= 11 is 0. The highest BCUT2D eigenvalue weighted by Crippen LogP contribution is 2.18. The lowest BCUT2D eigenvalue weighted by atomic mass is 9.98. The molecular weight excluding hydrogens is 254 g/mol. The summed E-state index contributed by atoms with van der Waals surface area (Å²) in [6.07, 6.45) is 17.5. The van der Waals surface area contributed by atoms with E-state index < -0.39 is 0 Å². The first-order chi connectivity index (χ1) is 10.2. The largest absolute Gasteiger partial charge is 0.300 e. The Morgan fingerprint density at radius 3 is 1.90 bits per heavy atom. The van der Waals surface area contributed by atoms with E-state index in [9.17, 15) is 0 Å². The van der Waals surface area contributed by atoms with Crippen molar-refractivity contribution in [2.24, 2.45) is 0 Å². The second-order valence-electron chi connectivity index (χ2n) is 6.52. The summed E-state index contributed by atoms with van der Waals surface area (Å²) in [5, 5.41) is 0. The van der Waals surface area contributed by atoms with Crippen LogP contribution in [0.15, 0.2) is 11.6 Å². The highest BCUT2D eigenvalue weighted by molar-refractivity contribution is 5.07. The number of hydrogen-bond acceptors (Lipinski definition) is 1. The first-order valence-corrected chi connectivity index (χ1v) is 9.59. The molecule has 1 nitrogen and oxygen atoms in total. The number of hydrogen-bond donors (Lipinski definition) is 0. The lowest BCUT2D eigenvalue weighted by Crippen LogP contribution is -2.30. The van der Waals surface area contributed by atoms with E-state index >= 15 is 0 Å². The minimum absolute atomic E-state index is 0.661. The van der Waals surface area contributed by atoms with Crippen molar-refractivity contribution < 1.29 is 0 Å². The monoisotopic (exact) mass is 295 g/mol. The lowest BCUT2D eigenvalue weighted by Gasteiger charge is -2.25. The number of likely N-dealkylation sites (N-methyl/N-ethyl adjacent to an activating group) is 1. The normalized spacial score (nSPS) is 12.7. The molecule has 126 valence electrons. The van der Waals surface area contributed by atoms with Gasteiger partial charge < -0.3 is 4.90 Å². The summed E-state index contributed by atoms with van der Waals surface area (Å²) < 4.78 is 0. The van der Waals surface area contributed by atoms with Crippen LogP contribution in [0.3, 0.4) is 0 Å². The van der Waals surface area contributed by atoms with Gasteiger partial charge in [-0.3, -0.25) is 0 Å². The smallest absolute Gasteiger partial charge is 0.0277 e. The number of unbranched alkanes of at least 4 members (excludes halogenated alkanes) is 5. The van der Waals surface area contributed by atoms with Crippen LogP contribution >= 0.6 is 0 Å². The average Bonchev–Trinajstić information content (AvgIpc) is 2.49. The summed E-state index contributed by atoms with van der Waals surface area (Å²) in [5.74, 6) is 0. The SMILES string of the molecule is CCCCCCCCC(C=C(CCC)CCC)N(C)CC. The van der Waals surface area contributed by atoms with E-state index in [4.69, 9.17) is 0 Å². The van der Waals surface area contributed by atoms with Gasteiger partial charge in [0.25, 0.3) is 0 Å². The standard InChI is InChI=1S/C20H41N/c1-6-10-11-12-13-14-17-20(21(5)9-4)18-19(15-7-2)16-8-3/h18,20H,6-17H2,1-5H3. The van der Waals surface area contributed by atoms with Crippen molar-refractivity contribution in [1.29, 1.82) is 0 Å². The Labute approximate surface area is 135 Å². The molecule has 0 bridgehead atoms. The Kier molecular flexibility index (Phi) is 14.4. The summed E-state index contributed by atoms with van der Waals surface area (Å²) in [6, 6.07) is 0.661. The van der Waals surface area contributed by atoms with E-state index in [2.05, 4.69) is 45.7 Å². The Morgan fingerprint density at radius 2 is 1.38 bits per heavy atom. The van der Waals surface area contributed by atoms with Gasteiger partial charge >= 0.3 is 0 Å². The Hall–Kier alpha value is -0.300.